The van der Waals surface area contributed by atoms with Crippen molar-refractivity contribution in [2.75, 3.05) is 26.4 Å². The maximum absolute atomic E-state index is 12.5. The van der Waals surface area contributed by atoms with E-state index in [4.69, 9.17) is 19.3 Å². The van der Waals surface area contributed by atoms with Gasteiger partial charge in [0, 0.05) is 6.04 Å². The number of alkyl carbamates (subject to hydrolysis) is 1. The Morgan fingerprint density at radius 2 is 1.65 bits per heavy atom. The van der Waals surface area contributed by atoms with Gasteiger partial charge in [-0.15, -0.1) is 0 Å². The number of benzene rings is 2. The van der Waals surface area contributed by atoms with E-state index in [0.717, 1.165) is 16.7 Å². The number of hydrogen-bond acceptors (Lipinski definition) is 6. The van der Waals surface area contributed by atoms with Crippen LogP contribution in [0.1, 0.15) is 39.7 Å². The van der Waals surface area contributed by atoms with E-state index >= 15 is 0 Å². The summed E-state index contributed by atoms with van der Waals surface area (Å²) in [6.45, 7) is 7.48. The Morgan fingerprint density at radius 1 is 1.00 bits per heavy atom. The molecule has 0 bridgehead atoms. The van der Waals surface area contributed by atoms with E-state index in [-0.39, 0.29) is 32.5 Å². The van der Waals surface area contributed by atoms with Gasteiger partial charge in [0.15, 0.2) is 0 Å². The summed E-state index contributed by atoms with van der Waals surface area (Å²) < 4.78 is 16.1. The quantitative estimate of drug-likeness (QED) is 0.353. The van der Waals surface area contributed by atoms with Gasteiger partial charge in [0.05, 0.1) is 32.3 Å². The Labute approximate surface area is 202 Å². The average Bonchev–Trinajstić information content (AvgIpc) is 2.78. The number of rotatable bonds is 12. The van der Waals surface area contributed by atoms with Gasteiger partial charge in [-0.05, 0) is 57.2 Å². The first-order chi connectivity index (χ1) is 16.2. The second-order valence-corrected chi connectivity index (χ2v) is 9.09. The molecule has 0 aliphatic heterocycles. The molecule has 2 aromatic carbocycles. The third-order valence-electron chi connectivity index (χ3n) is 5.01. The number of ether oxygens (including phenoxy) is 3. The lowest BCUT2D eigenvalue weighted by Crippen LogP contribution is -2.42. The first-order valence-corrected chi connectivity index (χ1v) is 11.7. The Kier molecular flexibility index (Phi) is 11.0. The highest BCUT2D eigenvalue weighted by Crippen LogP contribution is 2.21. The minimum Gasteiger partial charge on any atom is -0.466 e. The van der Waals surface area contributed by atoms with E-state index in [2.05, 4.69) is 17.4 Å². The summed E-state index contributed by atoms with van der Waals surface area (Å²) >= 11 is 0. The molecule has 0 aliphatic rings. The van der Waals surface area contributed by atoms with Gasteiger partial charge < -0.3 is 24.6 Å². The van der Waals surface area contributed by atoms with Crippen molar-refractivity contribution in [3.8, 4) is 11.1 Å². The molecule has 7 heteroatoms. The second kappa shape index (κ2) is 13.7. The maximum atomic E-state index is 12.5. The smallest absolute Gasteiger partial charge is 0.407 e. The summed E-state index contributed by atoms with van der Waals surface area (Å²) in [5.41, 5.74) is 2.60. The van der Waals surface area contributed by atoms with Gasteiger partial charge in [-0.25, -0.2) is 4.79 Å². The van der Waals surface area contributed by atoms with E-state index in [1.54, 1.807) is 27.7 Å². The fourth-order valence-electron chi connectivity index (χ4n) is 3.54. The van der Waals surface area contributed by atoms with Crippen LogP contribution in [0.15, 0.2) is 54.6 Å². The number of carbonyl (C=O) groups excluding carboxylic acids is 2. The highest BCUT2D eigenvalue weighted by atomic mass is 16.6. The molecule has 186 valence electrons. The lowest BCUT2D eigenvalue weighted by molar-refractivity contribution is -0.151. The fraction of sp³-hybridized carbons (Fsp3) is 0.481. The van der Waals surface area contributed by atoms with Crippen LogP contribution in [-0.4, -0.2) is 55.2 Å². The lowest BCUT2D eigenvalue weighted by atomic mass is 9.94. The van der Waals surface area contributed by atoms with Crippen LogP contribution in [0, 0.1) is 5.92 Å². The van der Waals surface area contributed by atoms with Gasteiger partial charge >= 0.3 is 12.1 Å². The third-order valence-corrected chi connectivity index (χ3v) is 5.01. The predicted octanol–water partition coefficient (Wildman–Crippen LogP) is 4.37. The number of amides is 1. The minimum absolute atomic E-state index is 0.0961. The molecular formula is C27H37NO6. The zero-order valence-electron chi connectivity index (χ0n) is 20.6. The Balaban J connectivity index is 2.18. The van der Waals surface area contributed by atoms with Crippen LogP contribution >= 0.6 is 0 Å². The number of nitrogens with one attached hydrogen (secondary N) is 1. The topological polar surface area (TPSA) is 94.1 Å². The average molecular weight is 472 g/mol. The van der Waals surface area contributed by atoms with Crippen LogP contribution in [0.4, 0.5) is 4.79 Å². The van der Waals surface area contributed by atoms with E-state index in [1.165, 1.54) is 0 Å². The second-order valence-electron chi connectivity index (χ2n) is 9.09. The predicted molar refractivity (Wildman–Crippen MR) is 131 cm³/mol. The van der Waals surface area contributed by atoms with Crippen LogP contribution in [-0.2, 0) is 25.4 Å². The zero-order chi connectivity index (χ0) is 25.0. The molecule has 0 fully saturated rings. The highest BCUT2D eigenvalue weighted by molar-refractivity contribution is 5.73. The molecule has 0 saturated carbocycles. The summed E-state index contributed by atoms with van der Waals surface area (Å²) in [5, 5.41) is 11.9. The van der Waals surface area contributed by atoms with Crippen LogP contribution in [0.3, 0.4) is 0 Å². The number of esters is 1. The SMILES string of the molecule is CCOC(=O)C(COCCO)C[C@@H](Cc1ccc(-c2ccccc2)cc1)NC(=O)OC(C)(C)C. The minimum atomic E-state index is -0.642. The van der Waals surface area contributed by atoms with Crippen molar-refractivity contribution in [2.45, 2.75) is 52.2 Å². The van der Waals surface area contributed by atoms with Crippen LogP contribution in [0.25, 0.3) is 11.1 Å². The first-order valence-electron chi connectivity index (χ1n) is 11.7. The molecule has 1 unspecified atom stereocenters. The molecule has 0 saturated heterocycles. The van der Waals surface area contributed by atoms with Gasteiger partial charge in [0.25, 0.3) is 0 Å². The van der Waals surface area contributed by atoms with E-state index in [1.807, 2.05) is 42.5 Å². The highest BCUT2D eigenvalue weighted by Gasteiger charge is 2.27. The Hall–Kier alpha value is -2.90. The molecule has 0 aliphatic carbocycles. The number of hydrogen-bond donors (Lipinski definition) is 2. The molecule has 0 spiro atoms. The summed E-state index contributed by atoms with van der Waals surface area (Å²) in [5.74, 6) is -0.981. The van der Waals surface area contributed by atoms with Crippen LogP contribution < -0.4 is 5.32 Å². The summed E-state index contributed by atoms with van der Waals surface area (Å²) in [4.78, 5) is 25.1. The molecule has 2 rings (SSSR count). The van der Waals surface area contributed by atoms with Gasteiger partial charge in [-0.3, -0.25) is 4.79 Å². The van der Waals surface area contributed by atoms with Gasteiger partial charge in [0.1, 0.15) is 5.60 Å². The van der Waals surface area contributed by atoms with Crippen molar-refractivity contribution in [3.05, 3.63) is 60.2 Å². The molecule has 2 aromatic rings. The molecule has 7 nitrogen and oxygen atoms in total. The van der Waals surface area contributed by atoms with Crippen molar-refractivity contribution in [2.24, 2.45) is 5.92 Å². The maximum Gasteiger partial charge on any atom is 0.407 e. The van der Waals surface area contributed by atoms with Crippen molar-refractivity contribution in [3.63, 3.8) is 0 Å². The van der Waals surface area contributed by atoms with Gasteiger partial charge in [-0.2, -0.15) is 0 Å². The Bertz CT molecular complexity index is 876. The monoisotopic (exact) mass is 471 g/mol. The van der Waals surface area contributed by atoms with Crippen molar-refractivity contribution in [1.29, 1.82) is 0 Å². The van der Waals surface area contributed by atoms with E-state index < -0.39 is 23.6 Å². The van der Waals surface area contributed by atoms with E-state index in [0.29, 0.717) is 12.8 Å². The molecule has 2 atom stereocenters. The molecule has 1 amide bonds. The molecule has 0 aromatic heterocycles. The molecular weight excluding hydrogens is 434 g/mol. The molecule has 0 radical (unpaired) electrons. The summed E-state index contributed by atoms with van der Waals surface area (Å²) in [7, 11) is 0. The van der Waals surface area contributed by atoms with Crippen LogP contribution in [0.5, 0.6) is 0 Å². The van der Waals surface area contributed by atoms with Gasteiger partial charge in [-0.1, -0.05) is 54.6 Å². The Morgan fingerprint density at radius 3 is 2.24 bits per heavy atom. The van der Waals surface area contributed by atoms with Crippen LogP contribution in [0.2, 0.25) is 0 Å². The van der Waals surface area contributed by atoms with E-state index in [9.17, 15) is 9.59 Å². The normalized spacial score (nSPS) is 13.1. The number of carbonyl (C=O) groups is 2. The molecule has 0 heterocycles. The standard InChI is InChI=1S/C27H37NO6/c1-5-33-25(30)23(19-32-16-15-29)18-24(28-26(31)34-27(2,3)4)17-20-11-13-22(14-12-20)21-9-7-6-8-10-21/h6-14,23-24,29H,5,15-19H2,1-4H3,(H,28,31)/t23?,24-/m1/s1. The van der Waals surface area contributed by atoms with Crippen molar-refractivity contribution in [1.82, 2.24) is 5.32 Å². The fourth-order valence-corrected chi connectivity index (χ4v) is 3.54. The van der Waals surface area contributed by atoms with Gasteiger partial charge in [0.2, 0.25) is 0 Å². The summed E-state index contributed by atoms with van der Waals surface area (Å²) in [6.07, 6.45) is 0.269. The third kappa shape index (κ3) is 9.93. The van der Waals surface area contributed by atoms with Crippen molar-refractivity contribution >= 4 is 12.1 Å². The number of aliphatic hydroxyl groups excluding tert-OH is 1. The molecule has 34 heavy (non-hydrogen) atoms. The number of aliphatic hydroxyl groups is 1. The lowest BCUT2D eigenvalue weighted by Gasteiger charge is -2.26. The largest absolute Gasteiger partial charge is 0.466 e. The summed E-state index contributed by atoms with van der Waals surface area (Å²) in [6, 6.07) is 17.8. The first kappa shape index (κ1) is 27.3. The molecule has 2 N–H and O–H groups in total. The zero-order valence-corrected chi connectivity index (χ0v) is 20.6. The van der Waals surface area contributed by atoms with Crippen molar-refractivity contribution < 1.29 is 28.9 Å².